The van der Waals surface area contributed by atoms with Gasteiger partial charge in [0.05, 0.1) is 5.75 Å². The molecule has 17 heavy (non-hydrogen) atoms. The Morgan fingerprint density at radius 2 is 2.24 bits per heavy atom. The number of anilines is 1. The van der Waals surface area contributed by atoms with E-state index in [-0.39, 0.29) is 11.8 Å². The number of carboxylic acids is 1. The van der Waals surface area contributed by atoms with Gasteiger partial charge in [0.25, 0.3) is 0 Å². The lowest BCUT2D eigenvalue weighted by Crippen LogP contribution is -2.29. The average molecular weight is 276 g/mol. The minimum atomic E-state index is -0.916. The first-order valence-corrected chi connectivity index (χ1v) is 6.65. The molecule has 0 aliphatic heterocycles. The number of nitrogens with one attached hydrogen (secondary N) is 2. The number of nitrogens with zero attached hydrogens (tertiary/aromatic N) is 2. The van der Waals surface area contributed by atoms with Crippen molar-refractivity contribution in [2.45, 2.75) is 17.7 Å². The molecule has 0 spiro atoms. The summed E-state index contributed by atoms with van der Waals surface area (Å²) in [6.07, 6.45) is 0.850. The Balaban J connectivity index is 2.39. The molecule has 94 valence electrons. The highest BCUT2D eigenvalue weighted by molar-refractivity contribution is 8.01. The Morgan fingerprint density at radius 1 is 1.47 bits per heavy atom. The molecule has 2 amide bonds. The van der Waals surface area contributed by atoms with E-state index in [0.29, 0.717) is 16.0 Å². The van der Waals surface area contributed by atoms with Gasteiger partial charge in [-0.25, -0.2) is 4.79 Å². The molecular weight excluding hydrogens is 264 g/mol. The van der Waals surface area contributed by atoms with E-state index >= 15 is 0 Å². The second-order valence-corrected chi connectivity index (χ2v) is 5.14. The minimum absolute atomic E-state index is 0.0728. The fourth-order valence-corrected chi connectivity index (χ4v) is 2.29. The molecule has 7 nitrogen and oxygen atoms in total. The van der Waals surface area contributed by atoms with Gasteiger partial charge in [0, 0.05) is 6.54 Å². The number of rotatable bonds is 6. The molecule has 1 rings (SSSR count). The molecule has 1 aromatic rings. The molecule has 0 aliphatic carbocycles. The summed E-state index contributed by atoms with van der Waals surface area (Å²) in [6, 6.07) is -0.335. The number of hydrogen-bond donors (Lipinski definition) is 3. The summed E-state index contributed by atoms with van der Waals surface area (Å²) in [5.41, 5.74) is 0. The maximum absolute atomic E-state index is 11.3. The van der Waals surface area contributed by atoms with Crippen LogP contribution in [0.2, 0.25) is 0 Å². The second-order valence-electron chi connectivity index (χ2n) is 2.94. The van der Waals surface area contributed by atoms with Crippen LogP contribution in [-0.4, -0.2) is 39.6 Å². The molecule has 9 heteroatoms. The van der Waals surface area contributed by atoms with Gasteiger partial charge in [-0.3, -0.25) is 10.1 Å². The van der Waals surface area contributed by atoms with Crippen LogP contribution < -0.4 is 10.6 Å². The molecule has 0 saturated carbocycles. The van der Waals surface area contributed by atoms with E-state index in [1.165, 1.54) is 0 Å². The number of hydrogen-bond acceptors (Lipinski definition) is 6. The number of aromatic nitrogens is 2. The summed E-state index contributed by atoms with van der Waals surface area (Å²) in [5, 5.41) is 21.5. The maximum atomic E-state index is 11.3. The van der Waals surface area contributed by atoms with Gasteiger partial charge >= 0.3 is 12.0 Å². The quantitative estimate of drug-likeness (QED) is 0.533. The van der Waals surface area contributed by atoms with Crippen molar-refractivity contribution >= 4 is 40.2 Å². The largest absolute Gasteiger partial charge is 0.481 e. The highest BCUT2D eigenvalue weighted by Gasteiger charge is 2.09. The van der Waals surface area contributed by atoms with Gasteiger partial charge in [0.1, 0.15) is 0 Å². The van der Waals surface area contributed by atoms with Gasteiger partial charge in [0.2, 0.25) is 5.13 Å². The van der Waals surface area contributed by atoms with Crippen molar-refractivity contribution in [3.8, 4) is 0 Å². The number of carboxylic acid groups (broad SMARTS) is 1. The number of amides is 2. The van der Waals surface area contributed by atoms with Crippen LogP contribution in [0, 0.1) is 0 Å². The van der Waals surface area contributed by atoms with E-state index < -0.39 is 5.97 Å². The predicted octanol–water partition coefficient (Wildman–Crippen LogP) is 1.25. The number of urea groups is 1. The van der Waals surface area contributed by atoms with Gasteiger partial charge in [-0.05, 0) is 6.42 Å². The van der Waals surface area contributed by atoms with E-state index in [2.05, 4.69) is 20.8 Å². The molecule has 0 aromatic carbocycles. The van der Waals surface area contributed by atoms with Gasteiger partial charge in [-0.1, -0.05) is 30.0 Å². The van der Waals surface area contributed by atoms with Crippen molar-refractivity contribution in [3.05, 3.63) is 0 Å². The first kappa shape index (κ1) is 13.7. The summed E-state index contributed by atoms with van der Waals surface area (Å²) in [7, 11) is 0. The molecule has 3 N–H and O–H groups in total. The lowest BCUT2D eigenvalue weighted by Gasteiger charge is -2.01. The number of aliphatic carboxylic acids is 1. The molecule has 0 aliphatic rings. The normalized spacial score (nSPS) is 9.94. The topological polar surface area (TPSA) is 104 Å². The van der Waals surface area contributed by atoms with Gasteiger partial charge in [-0.15, -0.1) is 10.2 Å². The standard InChI is InChI=1S/C8H12N4O3S2/c1-2-3-9-6(15)10-7-11-12-8(17-7)16-4-5(13)14/h2-4H2,1H3,(H,13,14)(H2,9,10,11,15). The van der Waals surface area contributed by atoms with Crippen LogP contribution in [0.25, 0.3) is 0 Å². The molecule has 0 radical (unpaired) electrons. The lowest BCUT2D eigenvalue weighted by atomic mass is 10.5. The molecule has 0 atom stereocenters. The van der Waals surface area contributed by atoms with Crippen LogP contribution in [0.5, 0.6) is 0 Å². The summed E-state index contributed by atoms with van der Waals surface area (Å²) >= 11 is 2.21. The lowest BCUT2D eigenvalue weighted by molar-refractivity contribution is -0.133. The van der Waals surface area contributed by atoms with Gasteiger partial charge < -0.3 is 10.4 Å². The number of thioether (sulfide) groups is 1. The highest BCUT2D eigenvalue weighted by Crippen LogP contribution is 2.24. The Morgan fingerprint density at radius 3 is 2.88 bits per heavy atom. The summed E-state index contributed by atoms with van der Waals surface area (Å²) < 4.78 is 0.512. The molecular formula is C8H12N4O3S2. The van der Waals surface area contributed by atoms with E-state index in [1.54, 1.807) is 0 Å². The maximum Gasteiger partial charge on any atom is 0.321 e. The molecule has 0 bridgehead atoms. The van der Waals surface area contributed by atoms with Crippen LogP contribution >= 0.6 is 23.1 Å². The smallest absolute Gasteiger partial charge is 0.321 e. The monoisotopic (exact) mass is 276 g/mol. The first-order valence-electron chi connectivity index (χ1n) is 4.84. The first-order chi connectivity index (χ1) is 8.11. The Labute approximate surface area is 106 Å². The zero-order chi connectivity index (χ0) is 12.7. The highest BCUT2D eigenvalue weighted by atomic mass is 32.2. The Bertz CT molecular complexity index is 396. The third-order valence-electron chi connectivity index (χ3n) is 1.48. The van der Waals surface area contributed by atoms with Crippen molar-refractivity contribution in [1.82, 2.24) is 15.5 Å². The van der Waals surface area contributed by atoms with Crippen molar-refractivity contribution in [1.29, 1.82) is 0 Å². The molecule has 0 saturated heterocycles. The molecule has 1 heterocycles. The average Bonchev–Trinajstić information content (AvgIpc) is 2.71. The fourth-order valence-electron chi connectivity index (χ4n) is 0.822. The van der Waals surface area contributed by atoms with Crippen molar-refractivity contribution < 1.29 is 14.7 Å². The van der Waals surface area contributed by atoms with E-state index in [9.17, 15) is 9.59 Å². The van der Waals surface area contributed by atoms with E-state index in [4.69, 9.17) is 5.11 Å². The third-order valence-corrected chi connectivity index (χ3v) is 3.44. The van der Waals surface area contributed by atoms with Crippen molar-refractivity contribution in [2.75, 3.05) is 17.6 Å². The van der Waals surface area contributed by atoms with Crippen LogP contribution in [0.15, 0.2) is 4.34 Å². The van der Waals surface area contributed by atoms with Gasteiger partial charge in [0.15, 0.2) is 4.34 Å². The van der Waals surface area contributed by atoms with Crippen LogP contribution in [-0.2, 0) is 4.79 Å². The minimum Gasteiger partial charge on any atom is -0.481 e. The van der Waals surface area contributed by atoms with Crippen molar-refractivity contribution in [2.24, 2.45) is 0 Å². The Hall–Kier alpha value is -1.35. The van der Waals surface area contributed by atoms with E-state index in [1.807, 2.05) is 6.92 Å². The second kappa shape index (κ2) is 7.07. The number of carbonyl (C=O) groups is 2. The molecule has 1 aromatic heterocycles. The number of carbonyl (C=O) groups excluding carboxylic acids is 1. The van der Waals surface area contributed by atoms with E-state index in [0.717, 1.165) is 29.5 Å². The zero-order valence-corrected chi connectivity index (χ0v) is 10.7. The van der Waals surface area contributed by atoms with Crippen LogP contribution in [0.3, 0.4) is 0 Å². The predicted molar refractivity (Wildman–Crippen MR) is 65.6 cm³/mol. The fraction of sp³-hybridized carbons (Fsp3) is 0.500. The van der Waals surface area contributed by atoms with Crippen molar-refractivity contribution in [3.63, 3.8) is 0 Å². The third kappa shape index (κ3) is 5.50. The summed E-state index contributed by atoms with van der Waals surface area (Å²) in [6.45, 7) is 2.54. The summed E-state index contributed by atoms with van der Waals surface area (Å²) in [4.78, 5) is 21.6. The zero-order valence-electron chi connectivity index (χ0n) is 9.10. The van der Waals surface area contributed by atoms with Crippen LogP contribution in [0.4, 0.5) is 9.93 Å². The Kier molecular flexibility index (Phi) is 5.70. The molecule has 0 unspecified atom stereocenters. The van der Waals surface area contributed by atoms with Gasteiger partial charge in [-0.2, -0.15) is 0 Å². The SMILES string of the molecule is CCCNC(=O)Nc1nnc(SCC(=O)O)s1. The summed E-state index contributed by atoms with van der Waals surface area (Å²) in [5.74, 6) is -0.989. The molecule has 0 fully saturated rings. The van der Waals surface area contributed by atoms with Crippen LogP contribution in [0.1, 0.15) is 13.3 Å².